The van der Waals surface area contributed by atoms with Crippen molar-refractivity contribution in [2.45, 2.75) is 5.60 Å². The van der Waals surface area contributed by atoms with Gasteiger partial charge in [-0.1, -0.05) is 29.3 Å². The topological polar surface area (TPSA) is 62.5 Å². The van der Waals surface area contributed by atoms with Crippen LogP contribution in [-0.4, -0.2) is 17.6 Å². The molecule has 3 rings (SSSR count). The van der Waals surface area contributed by atoms with Crippen LogP contribution in [0.4, 0.5) is 0 Å². The van der Waals surface area contributed by atoms with Gasteiger partial charge in [0.1, 0.15) is 5.76 Å². The first kappa shape index (κ1) is 17.0. The molecule has 0 bridgehead atoms. The second-order valence-corrected chi connectivity index (χ2v) is 6.89. The lowest BCUT2D eigenvalue weighted by atomic mass is 9.98. The van der Waals surface area contributed by atoms with Crippen LogP contribution < -0.4 is 5.32 Å². The summed E-state index contributed by atoms with van der Waals surface area (Å²) in [5.41, 5.74) is -1.08. The number of halogens is 2. The van der Waals surface area contributed by atoms with E-state index in [0.29, 0.717) is 26.2 Å². The van der Waals surface area contributed by atoms with Gasteiger partial charge in [0.15, 0.2) is 5.60 Å². The molecule has 1 amide bonds. The van der Waals surface area contributed by atoms with Crippen LogP contribution in [0.2, 0.25) is 10.0 Å². The number of hydrogen-bond donors (Lipinski definition) is 2. The van der Waals surface area contributed by atoms with Crippen LogP contribution in [0.25, 0.3) is 0 Å². The van der Waals surface area contributed by atoms with E-state index in [2.05, 4.69) is 5.32 Å². The van der Waals surface area contributed by atoms with Crippen LogP contribution >= 0.6 is 34.5 Å². The number of nitrogens with one attached hydrogen (secondary N) is 1. The molecule has 1 aromatic carbocycles. The Bertz CT molecular complexity index is 797. The van der Waals surface area contributed by atoms with Gasteiger partial charge in [-0.25, -0.2) is 0 Å². The van der Waals surface area contributed by atoms with E-state index >= 15 is 0 Å². The van der Waals surface area contributed by atoms with Crippen LogP contribution in [0.3, 0.4) is 0 Å². The summed E-state index contributed by atoms with van der Waals surface area (Å²) < 4.78 is 5.36. The molecule has 0 aliphatic heterocycles. The predicted molar refractivity (Wildman–Crippen MR) is 94.8 cm³/mol. The summed E-state index contributed by atoms with van der Waals surface area (Å²) in [5.74, 6) is -0.00510. The van der Waals surface area contributed by atoms with Crippen molar-refractivity contribution in [2.24, 2.45) is 0 Å². The lowest BCUT2D eigenvalue weighted by Crippen LogP contribution is -2.41. The van der Waals surface area contributed by atoms with Crippen LogP contribution in [0.1, 0.15) is 21.0 Å². The molecule has 24 heavy (non-hydrogen) atoms. The minimum atomic E-state index is -1.44. The lowest BCUT2D eigenvalue weighted by molar-refractivity contribution is 0.0554. The number of thiophene rings is 1. The molecule has 0 radical (unpaired) electrons. The molecule has 0 aliphatic carbocycles. The van der Waals surface area contributed by atoms with Gasteiger partial charge in [0.25, 0.3) is 5.91 Å². The molecule has 0 spiro atoms. The molecular weight excluding hydrogens is 369 g/mol. The molecule has 1 atom stereocenters. The molecule has 0 saturated heterocycles. The fourth-order valence-corrected chi connectivity index (χ4v) is 3.40. The van der Waals surface area contributed by atoms with E-state index in [1.165, 1.54) is 23.7 Å². The Kier molecular flexibility index (Phi) is 4.96. The van der Waals surface area contributed by atoms with Crippen molar-refractivity contribution in [2.75, 3.05) is 6.54 Å². The van der Waals surface area contributed by atoms with E-state index in [1.807, 2.05) is 11.4 Å². The van der Waals surface area contributed by atoms with Gasteiger partial charge in [0.2, 0.25) is 0 Å². The Morgan fingerprint density at radius 3 is 2.67 bits per heavy atom. The summed E-state index contributed by atoms with van der Waals surface area (Å²) in [5, 5.41) is 16.3. The smallest absolute Gasteiger partial charge is 0.251 e. The molecule has 2 N–H and O–H groups in total. The van der Waals surface area contributed by atoms with E-state index in [9.17, 15) is 9.90 Å². The van der Waals surface area contributed by atoms with Crippen molar-refractivity contribution in [1.29, 1.82) is 0 Å². The maximum atomic E-state index is 12.3. The Labute approximate surface area is 152 Å². The second-order valence-electron chi connectivity index (χ2n) is 5.13. The Balaban J connectivity index is 1.82. The number of amides is 1. The molecule has 2 heterocycles. The van der Waals surface area contributed by atoms with Crippen molar-refractivity contribution in [3.63, 3.8) is 0 Å². The van der Waals surface area contributed by atoms with E-state index in [0.717, 1.165) is 0 Å². The second kappa shape index (κ2) is 6.99. The van der Waals surface area contributed by atoms with Crippen LogP contribution in [0.5, 0.6) is 0 Å². The first-order valence-corrected chi connectivity index (χ1v) is 8.68. The van der Waals surface area contributed by atoms with Gasteiger partial charge in [-0.15, -0.1) is 11.3 Å². The minimum absolute atomic E-state index is 0.0416. The number of aliphatic hydroxyl groups is 1. The SMILES string of the molecule is O=C(NCC(O)(c1ccco1)c1cccs1)c1ccc(Cl)c(Cl)c1. The summed E-state index contributed by atoms with van der Waals surface area (Å²) in [7, 11) is 0. The highest BCUT2D eigenvalue weighted by Gasteiger charge is 2.36. The van der Waals surface area contributed by atoms with E-state index < -0.39 is 5.60 Å². The van der Waals surface area contributed by atoms with Crippen molar-refractivity contribution >= 4 is 40.4 Å². The van der Waals surface area contributed by atoms with Crippen LogP contribution in [0.15, 0.2) is 58.5 Å². The van der Waals surface area contributed by atoms with Crippen molar-refractivity contribution in [1.82, 2.24) is 5.32 Å². The zero-order valence-corrected chi connectivity index (χ0v) is 14.7. The van der Waals surface area contributed by atoms with Gasteiger partial charge in [0.05, 0.1) is 22.9 Å². The summed E-state index contributed by atoms with van der Waals surface area (Å²) in [4.78, 5) is 13.0. The minimum Gasteiger partial charge on any atom is -0.466 e. The van der Waals surface area contributed by atoms with Gasteiger partial charge in [-0.2, -0.15) is 0 Å². The summed E-state index contributed by atoms with van der Waals surface area (Å²) in [6.45, 7) is -0.0416. The fraction of sp³-hybridized carbons (Fsp3) is 0.118. The highest BCUT2D eigenvalue weighted by atomic mass is 35.5. The molecule has 7 heteroatoms. The van der Waals surface area contributed by atoms with Crippen LogP contribution in [0, 0.1) is 0 Å². The van der Waals surface area contributed by atoms with Gasteiger partial charge in [-0.3, -0.25) is 4.79 Å². The van der Waals surface area contributed by atoms with Gasteiger partial charge in [-0.05, 0) is 41.8 Å². The Morgan fingerprint density at radius 1 is 1.21 bits per heavy atom. The summed E-state index contributed by atoms with van der Waals surface area (Å²) >= 11 is 13.2. The van der Waals surface area contributed by atoms with E-state index in [-0.39, 0.29) is 12.5 Å². The molecule has 1 unspecified atom stereocenters. The third-order valence-electron chi connectivity index (χ3n) is 3.54. The first-order valence-electron chi connectivity index (χ1n) is 7.04. The van der Waals surface area contributed by atoms with Crippen molar-refractivity contribution in [3.8, 4) is 0 Å². The quantitative estimate of drug-likeness (QED) is 0.691. The normalized spacial score (nSPS) is 13.5. The monoisotopic (exact) mass is 381 g/mol. The molecular formula is C17H13Cl2NO3S. The number of carbonyl (C=O) groups excluding carboxylic acids is 1. The molecule has 0 fully saturated rings. The van der Waals surface area contributed by atoms with Crippen LogP contribution in [-0.2, 0) is 5.60 Å². The molecule has 2 aromatic heterocycles. The zero-order chi connectivity index (χ0) is 17.2. The molecule has 0 saturated carbocycles. The standard InChI is InChI=1S/C17H13Cl2NO3S/c18-12-6-5-11(9-13(12)19)16(21)20-10-17(22,14-3-1-7-23-14)15-4-2-8-24-15/h1-9,22H,10H2,(H,20,21). The average molecular weight is 382 g/mol. The number of hydrogen-bond acceptors (Lipinski definition) is 4. The van der Waals surface area contributed by atoms with E-state index in [1.54, 1.807) is 30.3 Å². The molecule has 3 aromatic rings. The number of furan rings is 1. The highest BCUT2D eigenvalue weighted by molar-refractivity contribution is 7.10. The third-order valence-corrected chi connectivity index (χ3v) is 5.30. The number of benzene rings is 1. The van der Waals surface area contributed by atoms with Gasteiger partial charge >= 0.3 is 0 Å². The largest absolute Gasteiger partial charge is 0.466 e. The zero-order valence-electron chi connectivity index (χ0n) is 12.3. The van der Waals surface area contributed by atoms with Crippen molar-refractivity contribution < 1.29 is 14.3 Å². The average Bonchev–Trinajstić information content (AvgIpc) is 3.28. The van der Waals surface area contributed by atoms with Crippen molar-refractivity contribution in [3.05, 3.63) is 80.4 Å². The molecule has 4 nitrogen and oxygen atoms in total. The fourth-order valence-electron chi connectivity index (χ4n) is 2.27. The summed E-state index contributed by atoms with van der Waals surface area (Å²) in [6, 6.07) is 11.6. The molecule has 0 aliphatic rings. The number of rotatable bonds is 5. The Hall–Kier alpha value is -1.79. The molecule has 124 valence electrons. The van der Waals surface area contributed by atoms with E-state index in [4.69, 9.17) is 27.6 Å². The lowest BCUT2D eigenvalue weighted by Gasteiger charge is -2.25. The maximum absolute atomic E-state index is 12.3. The summed E-state index contributed by atoms with van der Waals surface area (Å²) in [6.07, 6.45) is 1.48. The third kappa shape index (κ3) is 3.35. The highest BCUT2D eigenvalue weighted by Crippen LogP contribution is 2.32. The Morgan fingerprint density at radius 2 is 2.04 bits per heavy atom. The number of carbonyl (C=O) groups is 1. The van der Waals surface area contributed by atoms with Gasteiger partial charge in [0, 0.05) is 10.4 Å². The maximum Gasteiger partial charge on any atom is 0.251 e. The first-order chi connectivity index (χ1) is 11.5. The van der Waals surface area contributed by atoms with Gasteiger partial charge < -0.3 is 14.8 Å². The predicted octanol–water partition coefficient (Wildman–Crippen LogP) is 4.31.